The van der Waals surface area contributed by atoms with Gasteiger partial charge in [-0.3, -0.25) is 4.90 Å². The van der Waals surface area contributed by atoms with Crippen LogP contribution in [0.15, 0.2) is 48.5 Å². The van der Waals surface area contributed by atoms with Gasteiger partial charge in [-0.1, -0.05) is 36.4 Å². The molecular weight excluding hydrogens is 320 g/mol. The Bertz CT molecular complexity index is 780. The lowest BCUT2D eigenvalue weighted by Gasteiger charge is -2.34. The van der Waals surface area contributed by atoms with Gasteiger partial charge in [0, 0.05) is 18.6 Å². The van der Waals surface area contributed by atoms with E-state index in [0.717, 1.165) is 31.4 Å². The van der Waals surface area contributed by atoms with Gasteiger partial charge in [-0.05, 0) is 48.1 Å². The van der Waals surface area contributed by atoms with Gasteiger partial charge in [-0.25, -0.2) is 8.78 Å². The summed E-state index contributed by atoms with van der Waals surface area (Å²) >= 11 is 0. The molecule has 2 aliphatic heterocycles. The maximum Gasteiger partial charge on any atom is 0.190 e. The lowest BCUT2D eigenvalue weighted by Crippen LogP contribution is -2.37. The van der Waals surface area contributed by atoms with E-state index in [-0.39, 0.29) is 5.75 Å². The molecule has 2 heterocycles. The third-order valence-electron chi connectivity index (χ3n) is 5.32. The van der Waals surface area contributed by atoms with Crippen LogP contribution in [-0.2, 0) is 6.54 Å². The Balaban J connectivity index is 1.59. The minimum Gasteiger partial charge on any atom is -0.491 e. The summed E-state index contributed by atoms with van der Waals surface area (Å²) in [6.45, 7) is 0.922. The fraction of sp³-hybridized carbons (Fsp3) is 0.333. The van der Waals surface area contributed by atoms with E-state index in [9.17, 15) is 8.78 Å². The molecule has 2 aromatic carbocycles. The predicted octanol–water partition coefficient (Wildman–Crippen LogP) is 4.79. The van der Waals surface area contributed by atoms with Gasteiger partial charge in [-0.2, -0.15) is 0 Å². The summed E-state index contributed by atoms with van der Waals surface area (Å²) in [5.41, 5.74) is 2.97. The van der Waals surface area contributed by atoms with Crippen molar-refractivity contribution < 1.29 is 13.5 Å². The monoisotopic (exact) mass is 341 g/mol. The number of benzene rings is 2. The van der Waals surface area contributed by atoms with Crippen molar-refractivity contribution in [3.05, 3.63) is 71.3 Å². The van der Waals surface area contributed by atoms with Gasteiger partial charge < -0.3 is 4.74 Å². The van der Waals surface area contributed by atoms with Crippen molar-refractivity contribution in [3.63, 3.8) is 0 Å². The van der Waals surface area contributed by atoms with E-state index in [1.165, 1.54) is 24.8 Å². The molecule has 0 amide bonds. The zero-order valence-electron chi connectivity index (χ0n) is 14.2. The molecule has 0 aliphatic carbocycles. The minimum atomic E-state index is -0.641. The molecule has 0 aromatic heterocycles. The fourth-order valence-electron chi connectivity index (χ4n) is 4.11. The predicted molar refractivity (Wildman–Crippen MR) is 94.3 cm³/mol. The van der Waals surface area contributed by atoms with E-state index in [2.05, 4.69) is 35.2 Å². The summed E-state index contributed by atoms with van der Waals surface area (Å²) in [6.07, 6.45) is 5.24. The topological polar surface area (TPSA) is 12.5 Å². The first kappa shape index (κ1) is 16.3. The Morgan fingerprint density at radius 3 is 2.44 bits per heavy atom. The fourth-order valence-corrected chi connectivity index (χ4v) is 4.11. The molecule has 1 fully saturated rings. The Labute approximate surface area is 146 Å². The van der Waals surface area contributed by atoms with Crippen LogP contribution < -0.4 is 4.74 Å². The second-order valence-electron chi connectivity index (χ2n) is 6.83. The molecule has 2 nitrogen and oxygen atoms in total. The van der Waals surface area contributed by atoms with Crippen LogP contribution in [0.5, 0.6) is 5.75 Å². The van der Waals surface area contributed by atoms with Crippen molar-refractivity contribution in [2.75, 3.05) is 7.11 Å². The van der Waals surface area contributed by atoms with E-state index in [1.807, 2.05) is 6.07 Å². The van der Waals surface area contributed by atoms with Gasteiger partial charge in [0.15, 0.2) is 17.4 Å². The number of rotatable bonds is 4. The van der Waals surface area contributed by atoms with Crippen LogP contribution in [0.3, 0.4) is 0 Å². The van der Waals surface area contributed by atoms with E-state index in [0.29, 0.717) is 17.6 Å². The van der Waals surface area contributed by atoms with Crippen molar-refractivity contribution in [2.24, 2.45) is 0 Å². The average molecular weight is 341 g/mol. The molecule has 0 N–H and O–H groups in total. The van der Waals surface area contributed by atoms with Crippen LogP contribution in [0.2, 0.25) is 0 Å². The standard InChI is InChI=1S/C21H21F2NO/c1-25-21-19(22)11-16(12-20(21)23)15-9-17-7-8-18(10-15)24(17)13-14-5-3-2-4-6-14/h2-6,9,11-12,17-18H,7-8,10,13H2,1H3. The smallest absolute Gasteiger partial charge is 0.190 e. The van der Waals surface area contributed by atoms with Crippen LogP contribution in [0.1, 0.15) is 30.4 Å². The second kappa shape index (κ2) is 6.60. The van der Waals surface area contributed by atoms with Crippen LogP contribution >= 0.6 is 0 Å². The quantitative estimate of drug-likeness (QED) is 0.792. The largest absolute Gasteiger partial charge is 0.491 e. The number of fused-ring (bicyclic) bond motifs is 2. The molecule has 4 rings (SSSR count). The highest BCUT2D eigenvalue weighted by atomic mass is 19.1. The number of ether oxygens (including phenoxy) is 1. The zero-order valence-corrected chi connectivity index (χ0v) is 14.2. The first-order chi connectivity index (χ1) is 12.2. The molecule has 2 aliphatic rings. The molecule has 2 unspecified atom stereocenters. The lowest BCUT2D eigenvalue weighted by atomic mass is 9.94. The number of hydrogen-bond donors (Lipinski definition) is 0. The Morgan fingerprint density at radius 2 is 1.80 bits per heavy atom. The van der Waals surface area contributed by atoms with Crippen molar-refractivity contribution >= 4 is 5.57 Å². The summed E-state index contributed by atoms with van der Waals surface area (Å²) in [6, 6.07) is 14.0. The lowest BCUT2D eigenvalue weighted by molar-refractivity contribution is 0.203. The summed E-state index contributed by atoms with van der Waals surface area (Å²) in [5, 5.41) is 0. The van der Waals surface area contributed by atoms with Gasteiger partial charge >= 0.3 is 0 Å². The van der Waals surface area contributed by atoms with E-state index < -0.39 is 11.6 Å². The van der Waals surface area contributed by atoms with Crippen LogP contribution in [0, 0.1) is 11.6 Å². The molecule has 2 atom stereocenters. The molecule has 2 aromatic rings. The Morgan fingerprint density at radius 1 is 1.08 bits per heavy atom. The molecule has 130 valence electrons. The highest BCUT2D eigenvalue weighted by Crippen LogP contribution is 2.40. The van der Waals surface area contributed by atoms with Crippen molar-refractivity contribution in [1.29, 1.82) is 0 Å². The van der Waals surface area contributed by atoms with Gasteiger partial charge in [-0.15, -0.1) is 0 Å². The Hall–Kier alpha value is -2.20. The summed E-state index contributed by atoms with van der Waals surface area (Å²) < 4.78 is 32.9. The average Bonchev–Trinajstić information content (AvgIpc) is 2.84. The first-order valence-electron chi connectivity index (χ1n) is 8.69. The van der Waals surface area contributed by atoms with E-state index in [4.69, 9.17) is 4.74 Å². The maximum atomic E-state index is 14.0. The van der Waals surface area contributed by atoms with Crippen molar-refractivity contribution in [1.82, 2.24) is 4.90 Å². The third kappa shape index (κ3) is 3.07. The molecule has 2 bridgehead atoms. The van der Waals surface area contributed by atoms with Crippen LogP contribution in [-0.4, -0.2) is 24.1 Å². The minimum absolute atomic E-state index is 0.311. The molecule has 25 heavy (non-hydrogen) atoms. The number of halogens is 2. The summed E-state index contributed by atoms with van der Waals surface area (Å²) in [5.74, 6) is -1.59. The van der Waals surface area contributed by atoms with Gasteiger partial charge in [0.25, 0.3) is 0 Å². The maximum absolute atomic E-state index is 14.0. The SMILES string of the molecule is COc1c(F)cc(C2=CC3CCC(C2)N3Cc2ccccc2)cc1F. The molecule has 0 spiro atoms. The molecular formula is C21H21F2NO. The highest BCUT2D eigenvalue weighted by Gasteiger charge is 2.36. The van der Waals surface area contributed by atoms with Gasteiger partial charge in [0.2, 0.25) is 0 Å². The zero-order chi connectivity index (χ0) is 17.4. The van der Waals surface area contributed by atoms with Crippen LogP contribution in [0.25, 0.3) is 5.57 Å². The normalized spacial score (nSPS) is 22.8. The molecule has 1 saturated heterocycles. The number of nitrogens with zero attached hydrogens (tertiary/aromatic N) is 1. The van der Waals surface area contributed by atoms with E-state index in [1.54, 1.807) is 0 Å². The molecule has 4 heteroatoms. The van der Waals surface area contributed by atoms with Gasteiger partial charge in [0.05, 0.1) is 7.11 Å². The molecule has 0 radical (unpaired) electrons. The van der Waals surface area contributed by atoms with E-state index >= 15 is 0 Å². The van der Waals surface area contributed by atoms with Crippen LogP contribution in [0.4, 0.5) is 8.78 Å². The van der Waals surface area contributed by atoms with Gasteiger partial charge in [0.1, 0.15) is 0 Å². The first-order valence-corrected chi connectivity index (χ1v) is 8.69. The summed E-state index contributed by atoms with van der Waals surface area (Å²) in [4.78, 5) is 2.51. The summed E-state index contributed by atoms with van der Waals surface area (Å²) in [7, 11) is 1.28. The molecule has 0 saturated carbocycles. The van der Waals surface area contributed by atoms with Crippen molar-refractivity contribution in [2.45, 2.75) is 37.9 Å². The Kier molecular flexibility index (Phi) is 4.30. The number of hydrogen-bond acceptors (Lipinski definition) is 2. The third-order valence-corrected chi connectivity index (χ3v) is 5.32. The second-order valence-corrected chi connectivity index (χ2v) is 6.83. The highest BCUT2D eigenvalue weighted by molar-refractivity contribution is 5.69. The van der Waals surface area contributed by atoms with Crippen molar-refractivity contribution in [3.8, 4) is 5.75 Å². The number of methoxy groups -OCH3 is 1.